The van der Waals surface area contributed by atoms with Gasteiger partial charge in [0.15, 0.2) is 0 Å². The lowest BCUT2D eigenvalue weighted by Gasteiger charge is -2.34. The Morgan fingerprint density at radius 3 is 2.55 bits per heavy atom. The summed E-state index contributed by atoms with van der Waals surface area (Å²) in [6, 6.07) is 8.31. The summed E-state index contributed by atoms with van der Waals surface area (Å²) in [4.78, 5) is 13.9. The Morgan fingerprint density at radius 2 is 1.90 bits per heavy atom. The molecule has 0 aromatic heterocycles. The summed E-state index contributed by atoms with van der Waals surface area (Å²) in [7, 11) is 3.59. The van der Waals surface area contributed by atoms with Gasteiger partial charge in [-0.3, -0.25) is 4.79 Å². The van der Waals surface area contributed by atoms with Crippen molar-refractivity contribution in [3.8, 4) is 0 Å². The maximum absolute atomic E-state index is 12.2. The molecule has 3 unspecified atom stereocenters. The highest BCUT2D eigenvalue weighted by Crippen LogP contribution is 2.31. The SMILES string of the molecule is CC1CCC(Nc2ccccc2C(=O)N(C)C)C(C)C1. The fourth-order valence-electron chi connectivity index (χ4n) is 3.12. The number of amides is 1. The minimum atomic E-state index is 0.0601. The van der Waals surface area contributed by atoms with Crippen LogP contribution in [-0.4, -0.2) is 30.9 Å². The zero-order valence-corrected chi connectivity index (χ0v) is 13.0. The first-order valence-electron chi connectivity index (χ1n) is 7.56. The van der Waals surface area contributed by atoms with Gasteiger partial charge in [-0.2, -0.15) is 0 Å². The van der Waals surface area contributed by atoms with E-state index in [1.165, 1.54) is 19.3 Å². The number of carbonyl (C=O) groups excluding carboxylic acids is 1. The Labute approximate surface area is 122 Å². The molecule has 1 aliphatic rings. The largest absolute Gasteiger partial charge is 0.381 e. The lowest BCUT2D eigenvalue weighted by atomic mass is 9.79. The van der Waals surface area contributed by atoms with Gasteiger partial charge in [-0.25, -0.2) is 0 Å². The Morgan fingerprint density at radius 1 is 1.20 bits per heavy atom. The van der Waals surface area contributed by atoms with Crippen LogP contribution >= 0.6 is 0 Å². The van der Waals surface area contributed by atoms with Gasteiger partial charge in [-0.1, -0.05) is 26.0 Å². The van der Waals surface area contributed by atoms with Crippen LogP contribution in [0.25, 0.3) is 0 Å². The molecule has 1 saturated carbocycles. The molecule has 0 radical (unpaired) electrons. The van der Waals surface area contributed by atoms with Crippen LogP contribution in [0, 0.1) is 11.8 Å². The second-order valence-electron chi connectivity index (χ2n) is 6.39. The second kappa shape index (κ2) is 6.29. The van der Waals surface area contributed by atoms with Crippen molar-refractivity contribution in [2.24, 2.45) is 11.8 Å². The Bertz CT molecular complexity index is 470. The molecule has 3 heteroatoms. The van der Waals surface area contributed by atoms with Gasteiger partial charge in [-0.05, 0) is 43.2 Å². The molecule has 110 valence electrons. The average Bonchev–Trinajstić information content (AvgIpc) is 2.41. The monoisotopic (exact) mass is 274 g/mol. The van der Waals surface area contributed by atoms with Crippen LogP contribution in [0.3, 0.4) is 0 Å². The number of rotatable bonds is 3. The Balaban J connectivity index is 2.15. The molecule has 0 spiro atoms. The van der Waals surface area contributed by atoms with E-state index in [1.807, 2.05) is 24.3 Å². The summed E-state index contributed by atoms with van der Waals surface area (Å²) in [6.45, 7) is 4.64. The summed E-state index contributed by atoms with van der Waals surface area (Å²) >= 11 is 0. The second-order valence-corrected chi connectivity index (χ2v) is 6.39. The van der Waals surface area contributed by atoms with E-state index in [0.29, 0.717) is 12.0 Å². The van der Waals surface area contributed by atoms with Gasteiger partial charge in [0.2, 0.25) is 0 Å². The lowest BCUT2D eigenvalue weighted by molar-refractivity contribution is 0.0828. The van der Waals surface area contributed by atoms with E-state index in [2.05, 4.69) is 19.2 Å². The van der Waals surface area contributed by atoms with Crippen molar-refractivity contribution in [1.29, 1.82) is 0 Å². The van der Waals surface area contributed by atoms with Crippen LogP contribution in [0.5, 0.6) is 0 Å². The molecule has 1 aliphatic carbocycles. The molecule has 20 heavy (non-hydrogen) atoms. The molecular weight excluding hydrogens is 248 g/mol. The molecule has 0 saturated heterocycles. The van der Waals surface area contributed by atoms with Crippen molar-refractivity contribution in [2.45, 2.75) is 39.2 Å². The Hall–Kier alpha value is -1.51. The van der Waals surface area contributed by atoms with E-state index >= 15 is 0 Å². The minimum absolute atomic E-state index is 0.0601. The van der Waals surface area contributed by atoms with Crippen molar-refractivity contribution in [3.63, 3.8) is 0 Å². The summed E-state index contributed by atoms with van der Waals surface area (Å²) in [5.41, 5.74) is 1.74. The van der Waals surface area contributed by atoms with Gasteiger partial charge < -0.3 is 10.2 Å². The fraction of sp³-hybridized carbons (Fsp3) is 0.588. The van der Waals surface area contributed by atoms with Crippen LogP contribution in [0.15, 0.2) is 24.3 Å². The van der Waals surface area contributed by atoms with Crippen LogP contribution in [0.4, 0.5) is 5.69 Å². The standard InChI is InChI=1S/C17H26N2O/c1-12-9-10-15(13(2)11-12)18-16-8-6-5-7-14(16)17(20)19(3)4/h5-8,12-13,15,18H,9-11H2,1-4H3. The minimum Gasteiger partial charge on any atom is -0.381 e. The van der Waals surface area contributed by atoms with Crippen molar-refractivity contribution < 1.29 is 4.79 Å². The number of hydrogen-bond donors (Lipinski definition) is 1. The summed E-state index contributed by atoms with van der Waals surface area (Å²) < 4.78 is 0. The molecule has 1 amide bonds. The molecule has 0 bridgehead atoms. The van der Waals surface area contributed by atoms with Crippen LogP contribution in [0.1, 0.15) is 43.5 Å². The molecule has 1 N–H and O–H groups in total. The van der Waals surface area contributed by atoms with E-state index < -0.39 is 0 Å². The fourth-order valence-corrected chi connectivity index (χ4v) is 3.12. The molecule has 3 atom stereocenters. The van der Waals surface area contributed by atoms with Gasteiger partial charge in [0, 0.05) is 25.8 Å². The molecule has 1 aromatic rings. The number of nitrogens with one attached hydrogen (secondary N) is 1. The normalized spacial score (nSPS) is 26.1. The maximum Gasteiger partial charge on any atom is 0.255 e. The molecule has 1 aromatic carbocycles. The van der Waals surface area contributed by atoms with Gasteiger partial charge in [0.05, 0.1) is 5.56 Å². The predicted octanol–water partition coefficient (Wildman–Crippen LogP) is 3.63. The summed E-state index contributed by atoms with van der Waals surface area (Å²) in [5.74, 6) is 1.54. The lowest BCUT2D eigenvalue weighted by Crippen LogP contribution is -2.34. The van der Waals surface area contributed by atoms with Crippen molar-refractivity contribution in [2.75, 3.05) is 19.4 Å². The highest BCUT2D eigenvalue weighted by atomic mass is 16.2. The van der Waals surface area contributed by atoms with E-state index in [1.54, 1.807) is 19.0 Å². The van der Waals surface area contributed by atoms with E-state index in [9.17, 15) is 4.79 Å². The number of hydrogen-bond acceptors (Lipinski definition) is 2. The molecule has 1 fully saturated rings. The Kier molecular flexibility index (Phi) is 4.69. The van der Waals surface area contributed by atoms with Crippen molar-refractivity contribution in [3.05, 3.63) is 29.8 Å². The molecule has 3 nitrogen and oxygen atoms in total. The van der Waals surface area contributed by atoms with Gasteiger partial charge in [-0.15, -0.1) is 0 Å². The number of benzene rings is 1. The quantitative estimate of drug-likeness (QED) is 0.913. The van der Waals surface area contributed by atoms with Gasteiger partial charge >= 0.3 is 0 Å². The topological polar surface area (TPSA) is 32.3 Å². The highest BCUT2D eigenvalue weighted by Gasteiger charge is 2.26. The summed E-state index contributed by atoms with van der Waals surface area (Å²) in [5, 5.41) is 3.61. The average molecular weight is 274 g/mol. The number of anilines is 1. The van der Waals surface area contributed by atoms with E-state index in [-0.39, 0.29) is 5.91 Å². The van der Waals surface area contributed by atoms with E-state index in [4.69, 9.17) is 0 Å². The van der Waals surface area contributed by atoms with Gasteiger partial charge in [0.25, 0.3) is 5.91 Å². The number of nitrogens with zero attached hydrogens (tertiary/aromatic N) is 1. The molecule has 0 aliphatic heterocycles. The van der Waals surface area contributed by atoms with Crippen LogP contribution in [-0.2, 0) is 0 Å². The first-order valence-corrected chi connectivity index (χ1v) is 7.56. The maximum atomic E-state index is 12.2. The summed E-state index contributed by atoms with van der Waals surface area (Å²) in [6.07, 6.45) is 3.72. The third-order valence-corrected chi connectivity index (χ3v) is 4.34. The zero-order chi connectivity index (χ0) is 14.7. The predicted molar refractivity (Wildman–Crippen MR) is 84.0 cm³/mol. The van der Waals surface area contributed by atoms with Crippen LogP contribution < -0.4 is 5.32 Å². The van der Waals surface area contributed by atoms with E-state index in [0.717, 1.165) is 17.2 Å². The zero-order valence-electron chi connectivity index (χ0n) is 13.0. The third-order valence-electron chi connectivity index (χ3n) is 4.34. The number of carbonyl (C=O) groups is 1. The van der Waals surface area contributed by atoms with Gasteiger partial charge in [0.1, 0.15) is 0 Å². The van der Waals surface area contributed by atoms with Crippen molar-refractivity contribution >= 4 is 11.6 Å². The number of para-hydroxylation sites is 1. The van der Waals surface area contributed by atoms with Crippen LogP contribution in [0.2, 0.25) is 0 Å². The molecular formula is C17H26N2O. The molecule has 2 rings (SSSR count). The smallest absolute Gasteiger partial charge is 0.255 e. The van der Waals surface area contributed by atoms with Crippen molar-refractivity contribution in [1.82, 2.24) is 4.90 Å². The molecule has 0 heterocycles. The first-order chi connectivity index (χ1) is 9.49. The third kappa shape index (κ3) is 3.33. The highest BCUT2D eigenvalue weighted by molar-refractivity contribution is 5.99. The first kappa shape index (κ1) is 14.9.